The topological polar surface area (TPSA) is 74.3 Å². The Bertz CT molecular complexity index is 838. The number of amides is 1. The van der Waals surface area contributed by atoms with Gasteiger partial charge in [0.2, 0.25) is 6.41 Å². The summed E-state index contributed by atoms with van der Waals surface area (Å²) >= 11 is 6.28. The van der Waals surface area contributed by atoms with E-state index in [0.29, 0.717) is 23.1 Å². The molecule has 0 spiro atoms. The molecule has 0 radical (unpaired) electrons. The molecular formula is C23H30ClN3O4. The molecule has 0 saturated carbocycles. The largest absolute Gasteiger partial charge is 0.493 e. The molecule has 3 rings (SSSR count). The van der Waals surface area contributed by atoms with Crippen molar-refractivity contribution < 1.29 is 19.4 Å². The second-order valence-corrected chi connectivity index (χ2v) is 8.11. The third-order valence-corrected chi connectivity index (χ3v) is 5.81. The number of ether oxygens (including phenoxy) is 2. The minimum absolute atomic E-state index is 0.0615. The Morgan fingerprint density at radius 1 is 1.23 bits per heavy atom. The molecule has 1 unspecified atom stereocenters. The van der Waals surface area contributed by atoms with E-state index >= 15 is 0 Å². The summed E-state index contributed by atoms with van der Waals surface area (Å²) in [5.41, 5.74) is 4.91. The van der Waals surface area contributed by atoms with E-state index in [1.54, 1.807) is 18.2 Å². The third kappa shape index (κ3) is 6.26. The number of para-hydroxylation sites is 3. The van der Waals surface area contributed by atoms with Crippen LogP contribution in [0.4, 0.5) is 5.69 Å². The van der Waals surface area contributed by atoms with Gasteiger partial charge in [-0.2, -0.15) is 0 Å². The van der Waals surface area contributed by atoms with E-state index in [4.69, 9.17) is 21.1 Å². The van der Waals surface area contributed by atoms with E-state index in [0.717, 1.165) is 43.6 Å². The zero-order chi connectivity index (χ0) is 22.2. The van der Waals surface area contributed by atoms with Crippen molar-refractivity contribution in [2.24, 2.45) is 0 Å². The minimum atomic E-state index is -0.618. The van der Waals surface area contributed by atoms with Crippen LogP contribution in [0.3, 0.4) is 0 Å². The predicted octanol–water partition coefficient (Wildman–Crippen LogP) is 3.35. The number of nitrogens with one attached hydrogen (secondary N) is 1. The first-order chi connectivity index (χ1) is 15.0. The Kier molecular flexibility index (Phi) is 8.40. The maximum atomic E-state index is 11.7. The lowest BCUT2D eigenvalue weighted by Crippen LogP contribution is -2.48. The maximum Gasteiger partial charge on any atom is 0.228 e. The summed E-state index contributed by atoms with van der Waals surface area (Å²) < 4.78 is 11.0. The van der Waals surface area contributed by atoms with Crippen molar-refractivity contribution in [2.45, 2.75) is 31.9 Å². The smallest absolute Gasteiger partial charge is 0.228 e. The van der Waals surface area contributed by atoms with Gasteiger partial charge in [-0.05, 0) is 43.5 Å². The highest BCUT2D eigenvalue weighted by molar-refractivity contribution is 6.33. The van der Waals surface area contributed by atoms with Crippen LogP contribution in [0.1, 0.15) is 18.4 Å². The van der Waals surface area contributed by atoms with Gasteiger partial charge < -0.3 is 19.5 Å². The number of carbonyl (C=O) groups is 1. The molecule has 2 aromatic carbocycles. The van der Waals surface area contributed by atoms with Gasteiger partial charge in [-0.15, -0.1) is 0 Å². The second kappa shape index (κ2) is 11.2. The number of hydrogen-bond acceptors (Lipinski definition) is 6. The molecule has 1 amide bonds. The van der Waals surface area contributed by atoms with Crippen LogP contribution in [0.25, 0.3) is 0 Å². The number of aliphatic hydroxyl groups is 1. The number of anilines is 1. The number of hydrazine groups is 1. The van der Waals surface area contributed by atoms with E-state index in [-0.39, 0.29) is 12.6 Å². The lowest BCUT2D eigenvalue weighted by atomic mass is 10.0. The Balaban J connectivity index is 1.46. The van der Waals surface area contributed by atoms with Crippen molar-refractivity contribution in [3.8, 4) is 11.5 Å². The number of likely N-dealkylation sites (tertiary alicyclic amines) is 1. The molecule has 31 heavy (non-hydrogen) atoms. The number of hydrogen-bond donors (Lipinski definition) is 2. The number of aliphatic hydroxyl groups excluding tert-OH is 1. The highest BCUT2D eigenvalue weighted by Crippen LogP contribution is 2.28. The molecule has 1 aliphatic rings. The Morgan fingerprint density at radius 2 is 1.94 bits per heavy atom. The van der Waals surface area contributed by atoms with E-state index in [2.05, 4.69) is 10.3 Å². The van der Waals surface area contributed by atoms with Crippen LogP contribution in [-0.2, 0) is 4.79 Å². The fourth-order valence-corrected chi connectivity index (χ4v) is 4.03. The molecule has 2 aromatic rings. The van der Waals surface area contributed by atoms with Gasteiger partial charge >= 0.3 is 0 Å². The quantitative estimate of drug-likeness (QED) is 0.430. The van der Waals surface area contributed by atoms with Crippen LogP contribution in [0.15, 0.2) is 42.5 Å². The molecule has 7 nitrogen and oxygen atoms in total. The molecule has 1 atom stereocenters. The normalized spacial score (nSPS) is 15.9. The van der Waals surface area contributed by atoms with Crippen molar-refractivity contribution in [3.05, 3.63) is 53.1 Å². The van der Waals surface area contributed by atoms with Crippen molar-refractivity contribution >= 4 is 23.7 Å². The number of benzene rings is 2. The van der Waals surface area contributed by atoms with Crippen LogP contribution in [0, 0.1) is 6.92 Å². The zero-order valence-corrected chi connectivity index (χ0v) is 18.7. The summed E-state index contributed by atoms with van der Waals surface area (Å²) in [6, 6.07) is 13.1. The van der Waals surface area contributed by atoms with Gasteiger partial charge in [0.05, 0.1) is 23.9 Å². The Labute approximate surface area is 188 Å². The molecule has 1 fully saturated rings. The van der Waals surface area contributed by atoms with Gasteiger partial charge in [-0.1, -0.05) is 35.9 Å². The first-order valence-electron chi connectivity index (χ1n) is 10.4. The number of nitrogens with zero attached hydrogens (tertiary/aromatic N) is 2. The molecule has 0 aliphatic carbocycles. The van der Waals surface area contributed by atoms with E-state index < -0.39 is 6.10 Å². The summed E-state index contributed by atoms with van der Waals surface area (Å²) in [6.07, 6.45) is 1.80. The monoisotopic (exact) mass is 447 g/mol. The molecular weight excluding hydrogens is 418 g/mol. The molecule has 0 bridgehead atoms. The van der Waals surface area contributed by atoms with Crippen LogP contribution in [-0.4, -0.2) is 66.9 Å². The van der Waals surface area contributed by atoms with Crippen molar-refractivity contribution in [1.29, 1.82) is 0 Å². The Morgan fingerprint density at radius 3 is 2.58 bits per heavy atom. The zero-order valence-electron chi connectivity index (χ0n) is 18.0. The number of methoxy groups -OCH3 is 1. The summed E-state index contributed by atoms with van der Waals surface area (Å²) in [5.74, 6) is 1.26. The van der Waals surface area contributed by atoms with E-state index in [9.17, 15) is 9.90 Å². The average Bonchev–Trinajstić information content (AvgIpc) is 2.78. The maximum absolute atomic E-state index is 11.7. The summed E-state index contributed by atoms with van der Waals surface area (Å²) in [7, 11) is 1.59. The number of aryl methyl sites for hydroxylation is 1. The third-order valence-electron chi connectivity index (χ3n) is 5.50. The fraction of sp³-hybridized carbons (Fsp3) is 0.435. The van der Waals surface area contributed by atoms with E-state index in [1.165, 1.54) is 0 Å². The number of rotatable bonds is 10. The van der Waals surface area contributed by atoms with Gasteiger partial charge in [0.25, 0.3) is 0 Å². The van der Waals surface area contributed by atoms with Crippen LogP contribution >= 0.6 is 11.6 Å². The predicted molar refractivity (Wildman–Crippen MR) is 122 cm³/mol. The van der Waals surface area contributed by atoms with Gasteiger partial charge in [0.1, 0.15) is 12.7 Å². The average molecular weight is 448 g/mol. The van der Waals surface area contributed by atoms with Gasteiger partial charge in [0, 0.05) is 19.6 Å². The summed E-state index contributed by atoms with van der Waals surface area (Å²) in [6.45, 7) is 4.22. The summed E-state index contributed by atoms with van der Waals surface area (Å²) in [5, 5.41) is 12.6. The molecule has 2 N–H and O–H groups in total. The first kappa shape index (κ1) is 23.2. The van der Waals surface area contributed by atoms with Gasteiger partial charge in [-0.3, -0.25) is 15.2 Å². The van der Waals surface area contributed by atoms with Crippen LogP contribution in [0.2, 0.25) is 5.02 Å². The van der Waals surface area contributed by atoms with Crippen molar-refractivity contribution in [1.82, 2.24) is 9.91 Å². The Hall–Kier alpha value is -2.48. The molecule has 8 heteroatoms. The summed E-state index contributed by atoms with van der Waals surface area (Å²) in [4.78, 5) is 13.9. The first-order valence-corrected chi connectivity index (χ1v) is 10.8. The molecule has 1 saturated heterocycles. The number of halogens is 1. The number of piperidine rings is 1. The lowest BCUT2D eigenvalue weighted by molar-refractivity contribution is -0.119. The van der Waals surface area contributed by atoms with Gasteiger partial charge in [0.15, 0.2) is 11.5 Å². The lowest BCUT2D eigenvalue weighted by Gasteiger charge is -2.37. The SMILES string of the molecule is COc1ccccc1OCC(O)CN1CCC(N(C=O)Nc2c(C)cccc2Cl)CC1. The van der Waals surface area contributed by atoms with Crippen molar-refractivity contribution in [3.63, 3.8) is 0 Å². The molecule has 0 aromatic heterocycles. The van der Waals surface area contributed by atoms with E-state index in [1.807, 2.05) is 43.3 Å². The molecule has 168 valence electrons. The standard InChI is InChI=1S/C23H30ClN3O4/c1-17-6-5-7-20(24)23(17)25-27(16-28)18-10-12-26(13-11-18)14-19(29)15-31-22-9-4-3-8-21(22)30-2/h3-9,16,18-19,25,29H,10-15H2,1-2H3. The fourth-order valence-electron chi connectivity index (χ4n) is 3.76. The minimum Gasteiger partial charge on any atom is -0.493 e. The number of carbonyl (C=O) groups excluding carboxylic acids is 1. The van der Waals surface area contributed by atoms with Crippen LogP contribution in [0.5, 0.6) is 11.5 Å². The van der Waals surface area contributed by atoms with Crippen LogP contribution < -0.4 is 14.9 Å². The van der Waals surface area contributed by atoms with Gasteiger partial charge in [-0.25, -0.2) is 0 Å². The number of β-amino-alcohol motifs (C(OH)–C–C–N with tert-alkyl or cyclic N) is 1. The second-order valence-electron chi connectivity index (χ2n) is 7.70. The van der Waals surface area contributed by atoms with Crippen molar-refractivity contribution in [2.75, 3.05) is 38.8 Å². The highest BCUT2D eigenvalue weighted by Gasteiger charge is 2.26. The molecule has 1 heterocycles. The highest BCUT2D eigenvalue weighted by atomic mass is 35.5. The molecule has 1 aliphatic heterocycles.